The molecular weight excluding hydrogens is 350 g/mol. The molecule has 0 fully saturated rings. The second-order valence-electron chi connectivity index (χ2n) is 2.85. The Bertz CT molecular complexity index is 549. The van der Waals surface area contributed by atoms with E-state index in [-0.39, 0.29) is 45.2 Å². The van der Waals surface area contributed by atoms with Crippen molar-refractivity contribution in [1.29, 1.82) is 0 Å². The van der Waals surface area contributed by atoms with Crippen molar-refractivity contribution in [1.82, 2.24) is 0 Å². The first-order chi connectivity index (χ1) is 7.70. The number of carbonyl (C=O) groups excluding carboxylic acids is 1. The maximum absolute atomic E-state index is 11.7. The maximum atomic E-state index is 11.7. The minimum absolute atomic E-state index is 0. The molecule has 0 bridgehead atoms. The van der Waals surface area contributed by atoms with Crippen molar-refractivity contribution < 1.29 is 47.0 Å². The zero-order valence-corrected chi connectivity index (χ0v) is 15.0. The van der Waals surface area contributed by atoms with E-state index in [2.05, 4.69) is 28.5 Å². The average Bonchev–Trinajstić information content (AvgIpc) is 2.18. The first-order valence-electron chi connectivity index (χ1n) is 4.02. The zero-order chi connectivity index (χ0) is 13.2. The van der Waals surface area contributed by atoms with E-state index in [1.54, 1.807) is 0 Å². The van der Waals surface area contributed by atoms with Gasteiger partial charge in [-0.2, -0.15) is 0 Å². The van der Waals surface area contributed by atoms with E-state index in [1.807, 2.05) is 0 Å². The van der Waals surface area contributed by atoms with Crippen LogP contribution in [0.5, 0.6) is 0 Å². The van der Waals surface area contributed by atoms with Crippen molar-refractivity contribution in [2.24, 2.45) is 0 Å². The Morgan fingerprint density at radius 2 is 1.89 bits per heavy atom. The number of Topliss-reactive ketones (excluding diaryl/α,β-unsaturated/α-hetero) is 1. The van der Waals surface area contributed by atoms with Crippen molar-refractivity contribution in [2.45, 2.75) is 5.44 Å². The molecule has 0 saturated heterocycles. The summed E-state index contributed by atoms with van der Waals surface area (Å²) in [6.07, 6.45) is 0. The molecule has 10 heteroatoms. The van der Waals surface area contributed by atoms with Gasteiger partial charge in [0, 0.05) is 5.56 Å². The van der Waals surface area contributed by atoms with Crippen LogP contribution in [-0.4, -0.2) is 19.6 Å². The van der Waals surface area contributed by atoms with Gasteiger partial charge in [-0.25, -0.2) is 8.42 Å². The van der Waals surface area contributed by atoms with Crippen LogP contribution in [-0.2, 0) is 25.0 Å². The summed E-state index contributed by atoms with van der Waals surface area (Å²) in [6, 6.07) is 4.06. The van der Waals surface area contributed by atoms with Crippen molar-refractivity contribution in [2.75, 3.05) is 0 Å². The predicted octanol–water partition coefficient (Wildman–Crippen LogP) is -0.756. The van der Waals surface area contributed by atoms with E-state index in [0.29, 0.717) is 0 Å². The van der Waals surface area contributed by atoms with Crippen LogP contribution in [0.15, 0.2) is 18.2 Å². The van der Waals surface area contributed by atoms with Crippen LogP contribution in [0.3, 0.4) is 0 Å². The van der Waals surface area contributed by atoms with E-state index in [4.69, 9.17) is 23.2 Å². The Labute approximate surface area is 147 Å². The summed E-state index contributed by atoms with van der Waals surface area (Å²) in [6.45, 7) is 0. The molecule has 1 unspecified atom stereocenters. The number of carbonyl (C=O) groups is 1. The maximum Gasteiger partial charge on any atom is 1.00 e. The number of halogens is 2. The van der Waals surface area contributed by atoms with Gasteiger partial charge in [0.05, 0.1) is 10.0 Å². The summed E-state index contributed by atoms with van der Waals surface area (Å²) in [7, 11) is -4.17. The van der Waals surface area contributed by atoms with Crippen molar-refractivity contribution in [3.05, 3.63) is 33.8 Å². The third kappa shape index (κ3) is 6.02. The predicted molar refractivity (Wildman–Crippen MR) is 70.9 cm³/mol. The first-order valence-corrected chi connectivity index (χ1v) is 7.63. The molecule has 0 spiro atoms. The van der Waals surface area contributed by atoms with Gasteiger partial charge in [-0.05, 0) is 18.2 Å². The molecule has 0 amide bonds. The van der Waals surface area contributed by atoms with Crippen LogP contribution in [0, 0.1) is 0 Å². The molecule has 0 saturated carbocycles. The van der Waals surface area contributed by atoms with Gasteiger partial charge in [0.15, 0.2) is 5.44 Å². The largest absolute Gasteiger partial charge is 1.00 e. The molecule has 1 aromatic carbocycles. The fraction of sp³-hybridized carbons (Fsp3) is 0.125. The van der Waals surface area contributed by atoms with Gasteiger partial charge in [0.25, 0.3) is 0 Å². The molecule has 0 heterocycles. The molecule has 0 aliphatic carbocycles. The molecule has 94 valence electrons. The number of benzene rings is 1. The van der Waals surface area contributed by atoms with Crippen LogP contribution in [0.2, 0.25) is 10.0 Å². The van der Waals surface area contributed by atoms with Crippen LogP contribution in [0.1, 0.15) is 10.4 Å². The van der Waals surface area contributed by atoms with Crippen LogP contribution in [0.25, 0.3) is 0 Å². The molecule has 1 rings (SSSR count). The molecule has 0 radical (unpaired) electrons. The Morgan fingerprint density at radius 3 is 2.33 bits per heavy atom. The van der Waals surface area contributed by atoms with E-state index in [0.717, 1.165) is 0 Å². The number of rotatable bonds is 4. The summed E-state index contributed by atoms with van der Waals surface area (Å²) in [4.78, 5) is 11.7. The SMILES string of the molecule is O=C(c1ccc(Cl)c(Cl)c1)C(S)OS(=O)(=O)[S-].[Na+]. The third-order valence-corrected chi connectivity index (χ3v) is 3.52. The number of thiol groups is 1. The first kappa shape index (κ1) is 19.1. The Morgan fingerprint density at radius 1 is 1.33 bits per heavy atom. The molecule has 0 aliphatic rings. The number of hydrogen-bond acceptors (Lipinski definition) is 6. The fourth-order valence-corrected chi connectivity index (χ4v) is 2.46. The quantitative estimate of drug-likeness (QED) is 0.192. The standard InChI is InChI=1S/C8H6Cl2O4S3.Na/c9-5-2-1-4(3-6(5)10)7(11)8(15)14-17(12,13)16;/h1-3,8,15H,(H,12,13,16);/q;+1/p-1. The number of hydrogen-bond donors (Lipinski definition) is 1. The van der Waals surface area contributed by atoms with Crippen LogP contribution in [0.4, 0.5) is 0 Å². The van der Waals surface area contributed by atoms with Gasteiger partial charge >= 0.3 is 29.6 Å². The molecule has 0 aliphatic heterocycles. The second kappa shape index (κ2) is 7.75. The molecule has 0 N–H and O–H groups in total. The van der Waals surface area contributed by atoms with Gasteiger partial charge in [0.2, 0.25) is 5.78 Å². The van der Waals surface area contributed by atoms with E-state index < -0.39 is 20.4 Å². The summed E-state index contributed by atoms with van der Waals surface area (Å²) in [5.74, 6) is -0.680. The van der Waals surface area contributed by atoms with Crippen molar-refractivity contribution in [3.63, 3.8) is 0 Å². The van der Waals surface area contributed by atoms with Crippen LogP contribution < -0.4 is 29.6 Å². The van der Waals surface area contributed by atoms with Gasteiger partial charge in [-0.15, -0.1) is 12.6 Å². The van der Waals surface area contributed by atoms with Crippen molar-refractivity contribution >= 4 is 62.4 Å². The van der Waals surface area contributed by atoms with Crippen molar-refractivity contribution in [3.8, 4) is 0 Å². The summed E-state index contributed by atoms with van der Waals surface area (Å²) >= 11 is 19.0. The minimum Gasteiger partial charge on any atom is -0.619 e. The van der Waals surface area contributed by atoms with Crippen LogP contribution >= 0.6 is 35.8 Å². The molecule has 18 heavy (non-hydrogen) atoms. The summed E-state index contributed by atoms with van der Waals surface area (Å²) in [5, 5.41) is 0.440. The van der Waals surface area contributed by atoms with E-state index in [1.165, 1.54) is 18.2 Å². The van der Waals surface area contributed by atoms with Gasteiger partial charge in [-0.3, -0.25) is 8.98 Å². The normalized spacial score (nSPS) is 12.7. The van der Waals surface area contributed by atoms with E-state index in [9.17, 15) is 13.2 Å². The Kier molecular flexibility index (Phi) is 8.22. The van der Waals surface area contributed by atoms with Gasteiger partial charge in [-0.1, -0.05) is 23.2 Å². The Hall–Kier alpha value is 1.08. The van der Waals surface area contributed by atoms with Gasteiger partial charge in [0.1, 0.15) is 9.15 Å². The zero-order valence-electron chi connectivity index (χ0n) is 8.96. The fourth-order valence-electron chi connectivity index (χ4n) is 0.947. The molecule has 0 aromatic heterocycles. The second-order valence-corrected chi connectivity index (χ2v) is 6.37. The third-order valence-electron chi connectivity index (χ3n) is 1.64. The smallest absolute Gasteiger partial charge is 0.619 e. The Balaban J connectivity index is 0.00000289. The number of ketones is 1. The molecule has 1 aromatic rings. The molecule has 4 nitrogen and oxygen atoms in total. The van der Waals surface area contributed by atoms with Gasteiger partial charge < -0.3 is 11.7 Å². The topological polar surface area (TPSA) is 60.4 Å². The monoisotopic (exact) mass is 354 g/mol. The van der Waals surface area contributed by atoms with E-state index >= 15 is 0 Å². The summed E-state index contributed by atoms with van der Waals surface area (Å²) < 4.78 is 25.5. The molecule has 1 atom stereocenters. The summed E-state index contributed by atoms with van der Waals surface area (Å²) in [5.41, 5.74) is -1.38. The minimum atomic E-state index is -4.17. The average molecular weight is 355 g/mol. The molecular formula is C8H5Cl2NaO4S3.